The van der Waals surface area contributed by atoms with Crippen LogP contribution in [0.15, 0.2) is 30.3 Å². The second-order valence-corrected chi connectivity index (χ2v) is 8.83. The third-order valence-corrected chi connectivity index (χ3v) is 6.12. The Balaban J connectivity index is 1.87. The zero-order valence-corrected chi connectivity index (χ0v) is 18.0. The molecule has 3 nitrogen and oxygen atoms in total. The molecule has 1 aliphatic rings. The summed E-state index contributed by atoms with van der Waals surface area (Å²) in [6, 6.07) is 12.1. The van der Waals surface area contributed by atoms with Crippen LogP contribution in [0.1, 0.15) is 68.7 Å². The molecule has 1 saturated carbocycles. The van der Waals surface area contributed by atoms with Gasteiger partial charge in [-0.1, -0.05) is 49.1 Å². The van der Waals surface area contributed by atoms with E-state index in [0.717, 1.165) is 11.5 Å². The van der Waals surface area contributed by atoms with Gasteiger partial charge >= 0.3 is 0 Å². The van der Waals surface area contributed by atoms with E-state index in [0.29, 0.717) is 12.1 Å². The Morgan fingerprint density at radius 1 is 1.00 bits per heavy atom. The van der Waals surface area contributed by atoms with Crippen molar-refractivity contribution < 1.29 is 0 Å². The highest BCUT2D eigenvalue weighted by Gasteiger charge is 2.21. The van der Waals surface area contributed by atoms with Crippen molar-refractivity contribution in [1.29, 1.82) is 0 Å². The number of fused-ring (bicyclic) bond motifs is 1. The Hall–Kier alpha value is -2.29. The van der Waals surface area contributed by atoms with Gasteiger partial charge in [-0.15, -0.1) is 0 Å². The molecule has 0 amide bonds. The highest BCUT2D eigenvalue weighted by molar-refractivity contribution is 5.95. The first-order valence-electron chi connectivity index (χ1n) is 10.8. The fourth-order valence-electron chi connectivity index (χ4n) is 4.98. The van der Waals surface area contributed by atoms with Crippen LogP contribution in [0.2, 0.25) is 0 Å². The Morgan fingerprint density at radius 2 is 1.68 bits per heavy atom. The molecule has 0 saturated heterocycles. The summed E-state index contributed by atoms with van der Waals surface area (Å²) in [5.74, 6) is 1.03. The van der Waals surface area contributed by atoms with E-state index < -0.39 is 0 Å². The number of nitrogens with one attached hydrogen (secondary N) is 1. The van der Waals surface area contributed by atoms with Crippen LogP contribution < -0.4 is 5.32 Å². The van der Waals surface area contributed by atoms with Crippen molar-refractivity contribution in [2.75, 3.05) is 5.32 Å². The molecule has 1 N–H and O–H groups in total. The fraction of sp³-hybridized carbons (Fsp3) is 0.480. The van der Waals surface area contributed by atoms with E-state index in [1.54, 1.807) is 0 Å². The molecule has 1 aromatic heterocycles. The van der Waals surface area contributed by atoms with Crippen LogP contribution >= 0.6 is 0 Å². The van der Waals surface area contributed by atoms with Crippen LogP contribution in [-0.2, 0) is 0 Å². The highest BCUT2D eigenvalue weighted by atomic mass is 15.2. The second kappa shape index (κ2) is 7.62. The molecule has 0 spiro atoms. The van der Waals surface area contributed by atoms with E-state index in [1.165, 1.54) is 65.4 Å². The molecule has 0 aliphatic heterocycles. The van der Waals surface area contributed by atoms with Crippen LogP contribution in [0.25, 0.3) is 22.2 Å². The SMILES string of the molecule is Cc1cc(C)c(-c2cccc3c2nc(NC2CCCCC2)n3C(C)C)c(C)c1. The molecular weight excluding hydrogens is 342 g/mol. The minimum absolute atomic E-state index is 0.367. The van der Waals surface area contributed by atoms with E-state index in [4.69, 9.17) is 4.98 Å². The number of hydrogen-bond acceptors (Lipinski definition) is 2. The predicted octanol–water partition coefficient (Wildman–Crippen LogP) is 6.95. The number of rotatable bonds is 4. The second-order valence-electron chi connectivity index (χ2n) is 8.83. The minimum atomic E-state index is 0.367. The van der Waals surface area contributed by atoms with Gasteiger partial charge in [0.05, 0.1) is 11.0 Å². The largest absolute Gasteiger partial charge is 0.353 e. The van der Waals surface area contributed by atoms with Gasteiger partial charge in [0.1, 0.15) is 0 Å². The van der Waals surface area contributed by atoms with E-state index in [9.17, 15) is 0 Å². The number of aromatic nitrogens is 2. The zero-order valence-electron chi connectivity index (χ0n) is 18.0. The van der Waals surface area contributed by atoms with Gasteiger partial charge in [-0.25, -0.2) is 4.98 Å². The summed E-state index contributed by atoms with van der Waals surface area (Å²) in [4.78, 5) is 5.16. The number of imidazole rings is 1. The molecular formula is C25H33N3. The van der Waals surface area contributed by atoms with Crippen LogP contribution in [0.5, 0.6) is 0 Å². The minimum Gasteiger partial charge on any atom is -0.353 e. The molecule has 4 rings (SSSR count). The van der Waals surface area contributed by atoms with Crippen molar-refractivity contribution in [2.24, 2.45) is 0 Å². The third-order valence-electron chi connectivity index (χ3n) is 6.12. The van der Waals surface area contributed by atoms with Crippen LogP contribution in [0.4, 0.5) is 5.95 Å². The zero-order chi connectivity index (χ0) is 19.8. The molecule has 2 aromatic carbocycles. The lowest BCUT2D eigenvalue weighted by Crippen LogP contribution is -2.24. The standard InChI is InChI=1S/C25H33N3/c1-16(2)28-22-13-9-12-21(23-18(4)14-17(3)15-19(23)5)24(22)27-25(28)26-20-10-7-6-8-11-20/h9,12-16,20H,6-8,10-11H2,1-5H3,(H,26,27). The fourth-order valence-corrected chi connectivity index (χ4v) is 4.98. The average Bonchev–Trinajstić information content (AvgIpc) is 3.00. The third kappa shape index (κ3) is 3.43. The van der Waals surface area contributed by atoms with Gasteiger partial charge in [-0.3, -0.25) is 0 Å². The molecule has 0 atom stereocenters. The first-order valence-corrected chi connectivity index (χ1v) is 10.8. The molecule has 0 radical (unpaired) electrons. The maximum Gasteiger partial charge on any atom is 0.204 e. The van der Waals surface area contributed by atoms with E-state index >= 15 is 0 Å². The summed E-state index contributed by atoms with van der Waals surface area (Å²) in [5.41, 5.74) is 8.89. The van der Waals surface area contributed by atoms with Gasteiger partial charge in [0, 0.05) is 17.6 Å². The van der Waals surface area contributed by atoms with Gasteiger partial charge in [0.25, 0.3) is 0 Å². The summed E-state index contributed by atoms with van der Waals surface area (Å²) in [6.07, 6.45) is 6.53. The van der Waals surface area contributed by atoms with Gasteiger partial charge < -0.3 is 9.88 Å². The van der Waals surface area contributed by atoms with Gasteiger partial charge in [-0.2, -0.15) is 0 Å². The monoisotopic (exact) mass is 375 g/mol. The van der Waals surface area contributed by atoms with Crippen LogP contribution in [-0.4, -0.2) is 15.6 Å². The number of para-hydroxylation sites is 1. The first-order chi connectivity index (χ1) is 13.5. The van der Waals surface area contributed by atoms with Crippen LogP contribution in [0, 0.1) is 20.8 Å². The summed E-state index contributed by atoms with van der Waals surface area (Å²) in [5, 5.41) is 3.79. The average molecular weight is 376 g/mol. The van der Waals surface area contributed by atoms with Crippen molar-refractivity contribution in [3.8, 4) is 11.1 Å². The van der Waals surface area contributed by atoms with Gasteiger partial charge in [0.15, 0.2) is 0 Å². The number of aryl methyl sites for hydroxylation is 3. The molecule has 0 bridgehead atoms. The molecule has 148 valence electrons. The van der Waals surface area contributed by atoms with Crippen LogP contribution in [0.3, 0.4) is 0 Å². The Kier molecular flexibility index (Phi) is 5.18. The topological polar surface area (TPSA) is 29.9 Å². The van der Waals surface area contributed by atoms with E-state index in [-0.39, 0.29) is 0 Å². The van der Waals surface area contributed by atoms with Crippen molar-refractivity contribution >= 4 is 17.0 Å². The lowest BCUT2D eigenvalue weighted by atomic mass is 9.93. The number of nitrogens with zero attached hydrogens (tertiary/aromatic N) is 2. The smallest absolute Gasteiger partial charge is 0.204 e. The van der Waals surface area contributed by atoms with Crippen molar-refractivity contribution in [3.05, 3.63) is 47.0 Å². The molecule has 28 heavy (non-hydrogen) atoms. The quantitative estimate of drug-likeness (QED) is 0.534. The molecule has 3 heteroatoms. The summed E-state index contributed by atoms with van der Waals surface area (Å²) >= 11 is 0. The lowest BCUT2D eigenvalue weighted by molar-refractivity contribution is 0.457. The molecule has 3 aromatic rings. The van der Waals surface area contributed by atoms with E-state index in [2.05, 4.69) is 74.8 Å². The number of benzene rings is 2. The van der Waals surface area contributed by atoms with Gasteiger partial charge in [-0.05, 0) is 70.2 Å². The maximum absolute atomic E-state index is 5.16. The van der Waals surface area contributed by atoms with E-state index in [1.807, 2.05) is 0 Å². The van der Waals surface area contributed by atoms with Crippen molar-refractivity contribution in [1.82, 2.24) is 9.55 Å². The molecule has 1 heterocycles. The maximum atomic E-state index is 5.16. The predicted molar refractivity (Wildman–Crippen MR) is 120 cm³/mol. The Morgan fingerprint density at radius 3 is 2.32 bits per heavy atom. The lowest BCUT2D eigenvalue weighted by Gasteiger charge is -2.24. The Bertz CT molecular complexity index is 967. The normalized spacial score (nSPS) is 15.5. The summed E-state index contributed by atoms with van der Waals surface area (Å²) < 4.78 is 2.38. The first kappa shape index (κ1) is 19.0. The summed E-state index contributed by atoms with van der Waals surface area (Å²) in [6.45, 7) is 11.1. The van der Waals surface area contributed by atoms with Crippen molar-refractivity contribution in [3.63, 3.8) is 0 Å². The summed E-state index contributed by atoms with van der Waals surface area (Å²) in [7, 11) is 0. The Labute approximate surface area is 169 Å². The number of anilines is 1. The van der Waals surface area contributed by atoms with Crippen molar-refractivity contribution in [2.45, 2.75) is 78.8 Å². The molecule has 1 aliphatic carbocycles. The molecule has 1 fully saturated rings. The molecule has 0 unspecified atom stereocenters. The van der Waals surface area contributed by atoms with Gasteiger partial charge in [0.2, 0.25) is 5.95 Å². The number of hydrogen-bond donors (Lipinski definition) is 1. The highest BCUT2D eigenvalue weighted by Crippen LogP contribution is 2.36.